The van der Waals surface area contributed by atoms with Crippen molar-refractivity contribution in [1.29, 1.82) is 0 Å². The fraction of sp³-hybridized carbons (Fsp3) is 0.438. The minimum atomic E-state index is -0.130. The van der Waals surface area contributed by atoms with E-state index in [2.05, 4.69) is 30.7 Å². The number of hydrogen-bond donors (Lipinski definition) is 2. The summed E-state index contributed by atoms with van der Waals surface area (Å²) in [4.78, 5) is 20.4. The van der Waals surface area contributed by atoms with Crippen molar-refractivity contribution in [3.05, 3.63) is 29.8 Å². The number of hydrogen-bond acceptors (Lipinski definition) is 5. The van der Waals surface area contributed by atoms with Gasteiger partial charge >= 0.3 is 6.03 Å². The molecule has 1 fully saturated rings. The maximum Gasteiger partial charge on any atom is 0.321 e. The van der Waals surface area contributed by atoms with Crippen LogP contribution < -0.4 is 5.32 Å². The molecule has 2 amide bonds. The van der Waals surface area contributed by atoms with Crippen LogP contribution in [0.5, 0.6) is 0 Å². The third kappa shape index (κ3) is 3.04. The molecule has 25 heavy (non-hydrogen) atoms. The Kier molecular flexibility index (Phi) is 3.83. The number of nitrogens with zero attached hydrogens (tertiary/aromatic N) is 6. The molecule has 1 aromatic carbocycles. The van der Waals surface area contributed by atoms with Gasteiger partial charge in [-0.1, -0.05) is 6.07 Å². The zero-order valence-electron chi connectivity index (χ0n) is 14.2. The lowest BCUT2D eigenvalue weighted by atomic mass is 9.98. The van der Waals surface area contributed by atoms with Crippen molar-refractivity contribution in [3.63, 3.8) is 0 Å². The second-order valence-corrected chi connectivity index (χ2v) is 6.36. The molecule has 1 atom stereocenters. The first-order chi connectivity index (χ1) is 12.1. The summed E-state index contributed by atoms with van der Waals surface area (Å²) in [6.45, 7) is 3.22. The summed E-state index contributed by atoms with van der Waals surface area (Å²) in [7, 11) is 1.76. The zero-order chi connectivity index (χ0) is 17.4. The molecular weight excluding hydrogens is 320 g/mol. The molecule has 0 saturated carbocycles. The lowest BCUT2D eigenvalue weighted by Crippen LogP contribution is -2.41. The standard InChI is InChI=1S/C16H20N8O/c1-10-17-15(20-19-10)11-5-4-8-24(9-11)16(25)18-12-6-3-7-13-14(12)22-23(2)21-13/h3,6-7,11H,4-5,8-9H2,1-2H3,(H,18,25)(H,17,19,20)/t11-/m0/s1. The third-order valence-corrected chi connectivity index (χ3v) is 4.44. The highest BCUT2D eigenvalue weighted by molar-refractivity contribution is 5.98. The molecule has 9 nitrogen and oxygen atoms in total. The number of aromatic amines is 1. The molecule has 2 N–H and O–H groups in total. The van der Waals surface area contributed by atoms with Gasteiger partial charge in [0.15, 0.2) is 5.82 Å². The smallest absolute Gasteiger partial charge is 0.321 e. The Morgan fingerprint density at radius 3 is 3.04 bits per heavy atom. The van der Waals surface area contributed by atoms with Crippen molar-refractivity contribution < 1.29 is 4.79 Å². The zero-order valence-corrected chi connectivity index (χ0v) is 14.2. The number of fused-ring (bicyclic) bond motifs is 1. The van der Waals surface area contributed by atoms with Gasteiger partial charge in [-0.05, 0) is 31.9 Å². The van der Waals surface area contributed by atoms with E-state index in [0.717, 1.165) is 36.6 Å². The Morgan fingerprint density at radius 2 is 2.24 bits per heavy atom. The fourth-order valence-corrected chi connectivity index (χ4v) is 3.25. The van der Waals surface area contributed by atoms with E-state index in [-0.39, 0.29) is 11.9 Å². The van der Waals surface area contributed by atoms with Crippen molar-refractivity contribution in [1.82, 2.24) is 35.1 Å². The van der Waals surface area contributed by atoms with Crippen LogP contribution in [0.2, 0.25) is 0 Å². The lowest BCUT2D eigenvalue weighted by molar-refractivity contribution is 0.191. The third-order valence-electron chi connectivity index (χ3n) is 4.44. The summed E-state index contributed by atoms with van der Waals surface area (Å²) in [5.74, 6) is 1.74. The topological polar surface area (TPSA) is 105 Å². The first-order valence-corrected chi connectivity index (χ1v) is 8.35. The Labute approximate surface area is 144 Å². The number of urea groups is 1. The van der Waals surface area contributed by atoms with E-state index in [1.54, 1.807) is 7.05 Å². The Hall–Kier alpha value is -2.97. The summed E-state index contributed by atoms with van der Waals surface area (Å²) in [6.07, 6.45) is 1.92. The first kappa shape index (κ1) is 15.6. The summed E-state index contributed by atoms with van der Waals surface area (Å²) in [6, 6.07) is 5.45. The molecule has 0 aliphatic carbocycles. The molecular formula is C16H20N8O. The number of aromatic nitrogens is 6. The van der Waals surface area contributed by atoms with Crippen LogP contribution in [0, 0.1) is 6.92 Å². The van der Waals surface area contributed by atoms with Gasteiger partial charge in [0.05, 0.1) is 5.69 Å². The van der Waals surface area contributed by atoms with E-state index >= 15 is 0 Å². The quantitative estimate of drug-likeness (QED) is 0.740. The monoisotopic (exact) mass is 340 g/mol. The van der Waals surface area contributed by atoms with Crippen LogP contribution >= 0.6 is 0 Å². The number of amides is 2. The molecule has 3 aromatic rings. The van der Waals surface area contributed by atoms with Gasteiger partial charge in [0.1, 0.15) is 16.9 Å². The average molecular weight is 340 g/mol. The summed E-state index contributed by atoms with van der Waals surface area (Å²) < 4.78 is 0. The van der Waals surface area contributed by atoms with E-state index in [9.17, 15) is 4.79 Å². The lowest BCUT2D eigenvalue weighted by Gasteiger charge is -2.31. The Morgan fingerprint density at radius 1 is 1.36 bits per heavy atom. The van der Waals surface area contributed by atoms with E-state index < -0.39 is 0 Å². The molecule has 1 aliphatic rings. The van der Waals surface area contributed by atoms with Gasteiger partial charge < -0.3 is 10.2 Å². The number of benzene rings is 1. The van der Waals surface area contributed by atoms with Crippen molar-refractivity contribution in [2.75, 3.05) is 18.4 Å². The predicted molar refractivity (Wildman–Crippen MR) is 92.2 cm³/mol. The van der Waals surface area contributed by atoms with E-state index in [1.807, 2.05) is 30.0 Å². The number of rotatable bonds is 2. The maximum absolute atomic E-state index is 12.7. The second-order valence-electron chi connectivity index (χ2n) is 6.36. The molecule has 0 unspecified atom stereocenters. The number of likely N-dealkylation sites (tertiary alicyclic amines) is 1. The Bertz CT molecular complexity index is 914. The van der Waals surface area contributed by atoms with Gasteiger partial charge in [-0.25, -0.2) is 9.78 Å². The number of anilines is 1. The average Bonchev–Trinajstić information content (AvgIpc) is 3.20. The summed E-state index contributed by atoms with van der Waals surface area (Å²) in [5, 5.41) is 18.7. The number of piperidine rings is 1. The normalized spacial score (nSPS) is 17.8. The van der Waals surface area contributed by atoms with Gasteiger partial charge in [-0.3, -0.25) is 5.10 Å². The maximum atomic E-state index is 12.7. The van der Waals surface area contributed by atoms with Crippen molar-refractivity contribution >= 4 is 22.8 Å². The van der Waals surface area contributed by atoms with Crippen LogP contribution in [0.1, 0.15) is 30.4 Å². The second kappa shape index (κ2) is 6.15. The van der Waals surface area contributed by atoms with E-state index in [0.29, 0.717) is 17.7 Å². The molecule has 9 heteroatoms. The summed E-state index contributed by atoms with van der Waals surface area (Å²) in [5.41, 5.74) is 2.12. The molecule has 3 heterocycles. The van der Waals surface area contributed by atoms with Crippen LogP contribution in [0.4, 0.5) is 10.5 Å². The molecule has 2 aromatic heterocycles. The minimum absolute atomic E-state index is 0.130. The van der Waals surface area contributed by atoms with Crippen LogP contribution in [-0.2, 0) is 7.05 Å². The SMILES string of the molecule is Cc1nc([C@H]2CCCN(C(=O)Nc3cccc4nn(C)nc34)C2)n[nH]1. The molecule has 1 saturated heterocycles. The molecule has 130 valence electrons. The minimum Gasteiger partial charge on any atom is -0.324 e. The number of carbonyl (C=O) groups is 1. The number of H-pyrrole nitrogens is 1. The van der Waals surface area contributed by atoms with Crippen LogP contribution in [0.15, 0.2) is 18.2 Å². The largest absolute Gasteiger partial charge is 0.324 e. The van der Waals surface area contributed by atoms with Crippen LogP contribution in [-0.4, -0.2) is 54.2 Å². The van der Waals surface area contributed by atoms with Gasteiger partial charge in [0.2, 0.25) is 0 Å². The number of carbonyl (C=O) groups excluding carboxylic acids is 1. The number of aryl methyl sites for hydroxylation is 2. The molecule has 0 radical (unpaired) electrons. The van der Waals surface area contributed by atoms with Gasteiger partial charge in [-0.2, -0.15) is 20.1 Å². The highest BCUT2D eigenvalue weighted by Gasteiger charge is 2.27. The van der Waals surface area contributed by atoms with Crippen molar-refractivity contribution in [2.24, 2.45) is 7.05 Å². The Balaban J connectivity index is 1.50. The van der Waals surface area contributed by atoms with Crippen molar-refractivity contribution in [2.45, 2.75) is 25.7 Å². The highest BCUT2D eigenvalue weighted by Crippen LogP contribution is 2.26. The molecule has 4 rings (SSSR count). The van der Waals surface area contributed by atoms with Gasteiger partial charge in [0, 0.05) is 26.1 Å². The van der Waals surface area contributed by atoms with Crippen LogP contribution in [0.3, 0.4) is 0 Å². The van der Waals surface area contributed by atoms with Gasteiger partial charge in [0.25, 0.3) is 0 Å². The van der Waals surface area contributed by atoms with E-state index in [4.69, 9.17) is 0 Å². The predicted octanol–water partition coefficient (Wildman–Crippen LogP) is 1.81. The molecule has 0 bridgehead atoms. The van der Waals surface area contributed by atoms with Crippen LogP contribution in [0.25, 0.3) is 11.0 Å². The van der Waals surface area contributed by atoms with Crippen molar-refractivity contribution in [3.8, 4) is 0 Å². The van der Waals surface area contributed by atoms with Gasteiger partial charge in [-0.15, -0.1) is 0 Å². The summed E-state index contributed by atoms with van der Waals surface area (Å²) >= 11 is 0. The fourth-order valence-electron chi connectivity index (χ4n) is 3.25. The molecule has 1 aliphatic heterocycles. The number of nitrogens with one attached hydrogen (secondary N) is 2. The highest BCUT2D eigenvalue weighted by atomic mass is 16.2. The molecule has 0 spiro atoms. The van der Waals surface area contributed by atoms with E-state index in [1.165, 1.54) is 4.80 Å². The first-order valence-electron chi connectivity index (χ1n) is 8.35.